The molecular weight excluding hydrogens is 234 g/mol. The van der Waals surface area contributed by atoms with Gasteiger partial charge in [0.25, 0.3) is 5.69 Å². The molecule has 96 valence electrons. The molecule has 6 heteroatoms. The van der Waals surface area contributed by atoms with E-state index in [-0.39, 0.29) is 17.3 Å². The third kappa shape index (κ3) is 3.17. The van der Waals surface area contributed by atoms with Crippen LogP contribution in [-0.4, -0.2) is 17.0 Å². The van der Waals surface area contributed by atoms with Crippen LogP contribution in [0.15, 0.2) is 12.1 Å². The molecule has 0 amide bonds. The van der Waals surface area contributed by atoms with Crippen molar-refractivity contribution in [2.75, 3.05) is 7.11 Å². The van der Waals surface area contributed by atoms with E-state index >= 15 is 0 Å². The van der Waals surface area contributed by atoms with E-state index in [1.54, 1.807) is 0 Å². The molecule has 1 rings (SSSR count). The molecule has 0 bridgehead atoms. The predicted molar refractivity (Wildman–Crippen MR) is 65.3 cm³/mol. The van der Waals surface area contributed by atoms with Crippen LogP contribution in [0.5, 0.6) is 5.88 Å². The average molecular weight is 249 g/mol. The summed E-state index contributed by atoms with van der Waals surface area (Å²) in [5, 5.41) is 20.1. The smallest absolute Gasteiger partial charge is 0.292 e. The first-order chi connectivity index (χ1) is 8.63. The molecule has 0 fully saturated rings. The van der Waals surface area contributed by atoms with Gasteiger partial charge in [-0.1, -0.05) is 19.8 Å². The van der Waals surface area contributed by atoms with Gasteiger partial charge in [-0.15, -0.1) is 0 Å². The zero-order chi connectivity index (χ0) is 13.5. The van der Waals surface area contributed by atoms with Gasteiger partial charge < -0.3 is 4.74 Å². The van der Waals surface area contributed by atoms with E-state index in [1.165, 1.54) is 19.2 Å². The van der Waals surface area contributed by atoms with Crippen LogP contribution < -0.4 is 4.74 Å². The lowest BCUT2D eigenvalue weighted by Crippen LogP contribution is -2.05. The van der Waals surface area contributed by atoms with Crippen molar-refractivity contribution in [1.29, 1.82) is 5.26 Å². The third-order valence-corrected chi connectivity index (χ3v) is 2.61. The van der Waals surface area contributed by atoms with Crippen LogP contribution in [0.3, 0.4) is 0 Å². The Bertz CT molecular complexity index is 468. The molecule has 0 aromatic carbocycles. The molecule has 0 saturated carbocycles. The Labute approximate surface area is 105 Å². The minimum Gasteiger partial charge on any atom is -0.481 e. The van der Waals surface area contributed by atoms with Gasteiger partial charge in [-0.2, -0.15) is 5.26 Å². The number of aromatic nitrogens is 1. The van der Waals surface area contributed by atoms with E-state index in [9.17, 15) is 10.1 Å². The lowest BCUT2D eigenvalue weighted by atomic mass is 9.98. The minimum absolute atomic E-state index is 0.126. The van der Waals surface area contributed by atoms with Crippen LogP contribution in [0, 0.1) is 21.4 Å². The Kier molecular flexibility index (Phi) is 5.06. The summed E-state index contributed by atoms with van der Waals surface area (Å²) in [7, 11) is 1.44. The highest BCUT2D eigenvalue weighted by Crippen LogP contribution is 2.29. The Morgan fingerprint density at radius 2 is 2.33 bits per heavy atom. The van der Waals surface area contributed by atoms with Crippen LogP contribution in [0.1, 0.15) is 37.8 Å². The zero-order valence-electron chi connectivity index (χ0n) is 10.4. The van der Waals surface area contributed by atoms with Gasteiger partial charge in [-0.05, 0) is 6.42 Å². The molecule has 1 aromatic rings. The number of pyridine rings is 1. The second-order valence-electron chi connectivity index (χ2n) is 3.84. The second kappa shape index (κ2) is 6.55. The van der Waals surface area contributed by atoms with Crippen LogP contribution >= 0.6 is 0 Å². The molecular formula is C12H15N3O3. The summed E-state index contributed by atoms with van der Waals surface area (Å²) in [5.74, 6) is -0.284. The molecule has 0 aliphatic carbocycles. The molecule has 0 radical (unpaired) electrons. The molecule has 0 aliphatic heterocycles. The van der Waals surface area contributed by atoms with Crippen molar-refractivity contribution in [1.82, 2.24) is 4.98 Å². The largest absolute Gasteiger partial charge is 0.481 e. The molecule has 0 N–H and O–H groups in total. The second-order valence-corrected chi connectivity index (χ2v) is 3.84. The molecule has 1 unspecified atom stereocenters. The highest BCUT2D eigenvalue weighted by atomic mass is 16.6. The fraction of sp³-hybridized carbons (Fsp3) is 0.500. The summed E-state index contributed by atoms with van der Waals surface area (Å²) in [4.78, 5) is 14.5. The zero-order valence-corrected chi connectivity index (χ0v) is 10.4. The van der Waals surface area contributed by atoms with Gasteiger partial charge in [0.15, 0.2) is 0 Å². The number of ether oxygens (including phenoxy) is 1. The van der Waals surface area contributed by atoms with E-state index in [1.807, 2.05) is 6.92 Å². The molecule has 6 nitrogen and oxygen atoms in total. The first-order valence-electron chi connectivity index (χ1n) is 5.73. The third-order valence-electron chi connectivity index (χ3n) is 2.61. The van der Waals surface area contributed by atoms with Crippen molar-refractivity contribution in [3.8, 4) is 11.9 Å². The highest BCUT2D eigenvalue weighted by Gasteiger charge is 2.24. The van der Waals surface area contributed by atoms with Gasteiger partial charge in [0.05, 0.1) is 24.0 Å². The molecule has 18 heavy (non-hydrogen) atoms. The minimum atomic E-state index is -0.569. The van der Waals surface area contributed by atoms with Crippen LogP contribution in [0.4, 0.5) is 5.69 Å². The topological polar surface area (TPSA) is 89.0 Å². The predicted octanol–water partition coefficient (Wildman–Crippen LogP) is 2.80. The van der Waals surface area contributed by atoms with Gasteiger partial charge in [-0.3, -0.25) is 10.1 Å². The standard InChI is InChI=1S/C12H15N3O3/c1-3-4-5-9(8-13)12-10(15(16)17)6-7-11(14-12)18-2/h6-7,9H,3-5H2,1-2H3. The quantitative estimate of drug-likeness (QED) is 0.571. The molecule has 1 aromatic heterocycles. The average Bonchev–Trinajstić information content (AvgIpc) is 2.39. The summed E-state index contributed by atoms with van der Waals surface area (Å²) in [6.45, 7) is 2.00. The van der Waals surface area contributed by atoms with Gasteiger partial charge in [-0.25, -0.2) is 4.98 Å². The van der Waals surface area contributed by atoms with Crippen molar-refractivity contribution >= 4 is 5.69 Å². The Balaban J connectivity index is 3.16. The van der Waals surface area contributed by atoms with E-state index in [4.69, 9.17) is 10.00 Å². The maximum Gasteiger partial charge on any atom is 0.292 e. The van der Waals surface area contributed by atoms with Crippen molar-refractivity contribution in [3.05, 3.63) is 27.9 Å². The van der Waals surface area contributed by atoms with Crippen molar-refractivity contribution < 1.29 is 9.66 Å². The van der Waals surface area contributed by atoms with Crippen molar-refractivity contribution in [2.24, 2.45) is 0 Å². The Hall–Kier alpha value is -2.16. The van der Waals surface area contributed by atoms with Gasteiger partial charge in [0, 0.05) is 12.1 Å². The van der Waals surface area contributed by atoms with Gasteiger partial charge in [0.2, 0.25) is 5.88 Å². The Morgan fingerprint density at radius 1 is 1.61 bits per heavy atom. The first-order valence-corrected chi connectivity index (χ1v) is 5.73. The van der Waals surface area contributed by atoms with E-state index in [0.717, 1.165) is 12.8 Å². The fourth-order valence-electron chi connectivity index (χ4n) is 1.64. The van der Waals surface area contributed by atoms with Crippen LogP contribution in [0.25, 0.3) is 0 Å². The summed E-state index contributed by atoms with van der Waals surface area (Å²) < 4.78 is 4.95. The summed E-state index contributed by atoms with van der Waals surface area (Å²) in [5.41, 5.74) is 0.0637. The van der Waals surface area contributed by atoms with Crippen LogP contribution in [-0.2, 0) is 0 Å². The maximum atomic E-state index is 10.9. The number of nitro groups is 1. The molecule has 1 atom stereocenters. The number of rotatable bonds is 6. The number of nitriles is 1. The first kappa shape index (κ1) is 13.9. The number of hydrogen-bond acceptors (Lipinski definition) is 5. The Morgan fingerprint density at radius 3 is 2.83 bits per heavy atom. The SMILES string of the molecule is CCCCC(C#N)c1nc(OC)ccc1[N+](=O)[O-]. The van der Waals surface area contributed by atoms with E-state index in [2.05, 4.69) is 11.1 Å². The van der Waals surface area contributed by atoms with E-state index < -0.39 is 10.8 Å². The number of unbranched alkanes of at least 4 members (excludes halogenated alkanes) is 1. The number of hydrogen-bond donors (Lipinski definition) is 0. The number of nitrogens with zero attached hydrogens (tertiary/aromatic N) is 3. The van der Waals surface area contributed by atoms with Crippen LogP contribution in [0.2, 0.25) is 0 Å². The maximum absolute atomic E-state index is 10.9. The molecule has 0 spiro atoms. The lowest BCUT2D eigenvalue weighted by Gasteiger charge is -2.09. The molecule has 0 aliphatic rings. The molecule has 0 saturated heterocycles. The van der Waals surface area contributed by atoms with Gasteiger partial charge in [0.1, 0.15) is 5.69 Å². The summed E-state index contributed by atoms with van der Waals surface area (Å²) in [6, 6.07) is 4.83. The normalized spacial score (nSPS) is 11.6. The van der Waals surface area contributed by atoms with Crippen molar-refractivity contribution in [2.45, 2.75) is 32.1 Å². The number of methoxy groups -OCH3 is 1. The molecule has 1 heterocycles. The lowest BCUT2D eigenvalue weighted by molar-refractivity contribution is -0.386. The van der Waals surface area contributed by atoms with E-state index in [0.29, 0.717) is 6.42 Å². The summed E-state index contributed by atoms with van der Waals surface area (Å²) in [6.07, 6.45) is 2.32. The van der Waals surface area contributed by atoms with Gasteiger partial charge >= 0.3 is 0 Å². The monoisotopic (exact) mass is 249 g/mol. The van der Waals surface area contributed by atoms with Crippen molar-refractivity contribution in [3.63, 3.8) is 0 Å². The fourth-order valence-corrected chi connectivity index (χ4v) is 1.64. The highest BCUT2D eigenvalue weighted by molar-refractivity contribution is 5.42. The summed E-state index contributed by atoms with van der Waals surface area (Å²) >= 11 is 0.